The molecule has 320 valence electrons. The SMILES string of the molecule is CN1CCN(CCC(=O)Nc2ccc3c(=O)n(CC4(O)CCN(C(=O)C(CCCNC(=O)c5ccc6cc7c(nc6c5)CCCC7)Cc5ccccc5)CC4)cnc3c2)CC1. The highest BCUT2D eigenvalue weighted by Crippen LogP contribution is 2.28. The average molecular weight is 827 g/mol. The van der Waals surface area contributed by atoms with Gasteiger partial charge in [0.15, 0.2) is 0 Å². The molecule has 2 saturated heterocycles. The number of benzene rings is 3. The minimum atomic E-state index is -1.19. The predicted octanol–water partition coefficient (Wildman–Crippen LogP) is 4.82. The van der Waals surface area contributed by atoms with E-state index in [2.05, 4.69) is 38.5 Å². The summed E-state index contributed by atoms with van der Waals surface area (Å²) in [6, 6.07) is 23.0. The second-order valence-corrected chi connectivity index (χ2v) is 17.4. The number of aliphatic hydroxyl groups is 1. The van der Waals surface area contributed by atoms with Gasteiger partial charge in [-0.05, 0) is 112 Å². The highest BCUT2D eigenvalue weighted by Gasteiger charge is 2.36. The number of nitrogens with one attached hydrogen (secondary N) is 2. The number of hydrogen-bond donors (Lipinski definition) is 3. The van der Waals surface area contributed by atoms with Crippen molar-refractivity contribution >= 4 is 45.2 Å². The third-order valence-electron chi connectivity index (χ3n) is 12.9. The van der Waals surface area contributed by atoms with Gasteiger partial charge in [0.1, 0.15) is 0 Å². The minimum absolute atomic E-state index is 0.0351. The van der Waals surface area contributed by atoms with Crippen LogP contribution in [0.5, 0.6) is 0 Å². The Bertz CT molecular complexity index is 2420. The lowest BCUT2D eigenvalue weighted by molar-refractivity contribution is -0.140. The maximum atomic E-state index is 14.1. The highest BCUT2D eigenvalue weighted by atomic mass is 16.3. The number of rotatable bonds is 14. The quantitative estimate of drug-likeness (QED) is 0.134. The molecule has 0 radical (unpaired) electrons. The number of piperazine rings is 1. The molecule has 3 aliphatic rings. The molecule has 5 aromatic rings. The van der Waals surface area contributed by atoms with E-state index in [1.807, 2.05) is 53.4 Å². The topological polar surface area (TPSA) is 153 Å². The van der Waals surface area contributed by atoms with Crippen molar-refractivity contribution in [3.63, 3.8) is 0 Å². The molecular weight excluding hydrogens is 769 g/mol. The van der Waals surface area contributed by atoms with Crippen LogP contribution in [0.1, 0.15) is 72.1 Å². The number of carbonyl (C=O) groups excluding carboxylic acids is 3. The fraction of sp³-hybridized carbons (Fsp3) is 0.458. The maximum absolute atomic E-state index is 14.1. The van der Waals surface area contributed by atoms with Gasteiger partial charge in [-0.2, -0.15) is 0 Å². The monoisotopic (exact) mass is 826 g/mol. The number of fused-ring (bicyclic) bond motifs is 3. The Balaban J connectivity index is 0.840. The molecule has 3 amide bonds. The summed E-state index contributed by atoms with van der Waals surface area (Å²) in [6.07, 6.45) is 8.68. The minimum Gasteiger partial charge on any atom is -0.388 e. The molecule has 13 nitrogen and oxygen atoms in total. The van der Waals surface area contributed by atoms with E-state index >= 15 is 0 Å². The number of hydrogen-bond acceptors (Lipinski definition) is 9. The summed E-state index contributed by atoms with van der Waals surface area (Å²) in [5, 5.41) is 19.2. The molecule has 3 aromatic carbocycles. The van der Waals surface area contributed by atoms with Gasteiger partial charge < -0.3 is 30.4 Å². The van der Waals surface area contributed by atoms with E-state index < -0.39 is 5.60 Å². The number of amides is 3. The highest BCUT2D eigenvalue weighted by molar-refractivity contribution is 5.98. The zero-order valence-corrected chi connectivity index (χ0v) is 35.3. The van der Waals surface area contributed by atoms with E-state index in [1.54, 1.807) is 18.2 Å². The van der Waals surface area contributed by atoms with Crippen LogP contribution < -0.4 is 16.2 Å². The van der Waals surface area contributed by atoms with E-state index in [1.165, 1.54) is 22.9 Å². The van der Waals surface area contributed by atoms with E-state index in [4.69, 9.17) is 4.98 Å². The lowest BCUT2D eigenvalue weighted by atomic mass is 9.88. The van der Waals surface area contributed by atoms with Crippen LogP contribution in [0.25, 0.3) is 21.8 Å². The molecule has 2 fully saturated rings. The number of carbonyl (C=O) groups is 3. The van der Waals surface area contributed by atoms with Crippen LogP contribution in [0.15, 0.2) is 83.9 Å². The van der Waals surface area contributed by atoms with Gasteiger partial charge in [-0.25, -0.2) is 4.98 Å². The summed E-state index contributed by atoms with van der Waals surface area (Å²) in [4.78, 5) is 69.4. The van der Waals surface area contributed by atoms with Gasteiger partial charge in [-0.15, -0.1) is 0 Å². The second-order valence-electron chi connectivity index (χ2n) is 17.4. The first-order chi connectivity index (χ1) is 29.6. The molecule has 1 aliphatic carbocycles. The van der Waals surface area contributed by atoms with Crippen LogP contribution in [-0.4, -0.2) is 117 Å². The summed E-state index contributed by atoms with van der Waals surface area (Å²) >= 11 is 0. The van der Waals surface area contributed by atoms with Crippen molar-refractivity contribution in [2.24, 2.45) is 5.92 Å². The Morgan fingerprint density at radius 1 is 0.885 bits per heavy atom. The molecule has 0 spiro atoms. The summed E-state index contributed by atoms with van der Waals surface area (Å²) in [6.45, 7) is 5.83. The fourth-order valence-corrected chi connectivity index (χ4v) is 9.08. The number of aryl methyl sites for hydroxylation is 2. The Morgan fingerprint density at radius 2 is 1.67 bits per heavy atom. The van der Waals surface area contributed by atoms with E-state index in [0.717, 1.165) is 67.6 Å². The molecule has 4 heterocycles. The van der Waals surface area contributed by atoms with Crippen LogP contribution >= 0.6 is 0 Å². The van der Waals surface area contributed by atoms with Crippen LogP contribution in [0.2, 0.25) is 0 Å². The Hall–Kier alpha value is -5.50. The molecule has 8 rings (SSSR count). The predicted molar refractivity (Wildman–Crippen MR) is 238 cm³/mol. The Labute approximate surface area is 357 Å². The number of piperidine rings is 1. The van der Waals surface area contributed by atoms with Crippen molar-refractivity contribution in [1.29, 1.82) is 0 Å². The van der Waals surface area contributed by atoms with Crippen LogP contribution in [0, 0.1) is 5.92 Å². The third kappa shape index (κ3) is 10.5. The normalized spacial score (nSPS) is 17.5. The first-order valence-corrected chi connectivity index (χ1v) is 22.0. The summed E-state index contributed by atoms with van der Waals surface area (Å²) in [5.41, 5.74) is 4.56. The first kappa shape index (κ1) is 42.2. The zero-order chi connectivity index (χ0) is 42.3. The van der Waals surface area contributed by atoms with Gasteiger partial charge >= 0.3 is 0 Å². The summed E-state index contributed by atoms with van der Waals surface area (Å²) in [5.74, 6) is -0.487. The van der Waals surface area contributed by atoms with Crippen molar-refractivity contribution in [2.75, 3.05) is 64.7 Å². The van der Waals surface area contributed by atoms with Crippen molar-refractivity contribution in [2.45, 2.75) is 76.4 Å². The molecule has 3 N–H and O–H groups in total. The van der Waals surface area contributed by atoms with Crippen molar-refractivity contribution in [3.05, 3.63) is 112 Å². The summed E-state index contributed by atoms with van der Waals surface area (Å²) in [7, 11) is 2.11. The fourth-order valence-electron chi connectivity index (χ4n) is 9.08. The molecule has 0 saturated carbocycles. The van der Waals surface area contributed by atoms with Gasteiger partial charge in [0.2, 0.25) is 11.8 Å². The summed E-state index contributed by atoms with van der Waals surface area (Å²) < 4.78 is 1.45. The number of nitrogens with zero attached hydrogens (tertiary/aromatic N) is 6. The number of likely N-dealkylation sites (N-methyl/N-ethyl adjacent to an activating group) is 1. The Kier molecular flexibility index (Phi) is 13.2. The van der Waals surface area contributed by atoms with Crippen LogP contribution in [0.4, 0.5) is 5.69 Å². The molecule has 2 aromatic heterocycles. The maximum Gasteiger partial charge on any atom is 0.261 e. The largest absolute Gasteiger partial charge is 0.388 e. The molecular formula is C48H58N8O5. The number of anilines is 1. The lowest BCUT2D eigenvalue weighted by Gasteiger charge is -2.39. The average Bonchev–Trinajstić information content (AvgIpc) is 3.27. The molecule has 13 heteroatoms. The number of likely N-dealkylation sites (tertiary alicyclic amines) is 1. The molecule has 0 bridgehead atoms. The lowest BCUT2D eigenvalue weighted by Crippen LogP contribution is -2.51. The smallest absolute Gasteiger partial charge is 0.261 e. The standard InChI is InChI=1S/C48H58N8O5/c1-53-24-26-54(27-25-53)21-17-44(57)51-39-15-16-40-43(31-39)50-33-56(47(40)60)32-48(61)18-22-55(23-19-48)46(59)38(28-34-8-3-2-4-9-34)11-7-20-49-45(58)37-14-13-36-29-35-10-5-6-12-41(35)52-42(36)30-37/h2-4,8-9,13-16,29-31,33,38,61H,5-7,10-12,17-28,32H2,1H3,(H,49,58)(H,51,57). The van der Waals surface area contributed by atoms with Crippen molar-refractivity contribution in [1.82, 2.24) is 34.6 Å². The van der Waals surface area contributed by atoms with Gasteiger partial charge in [-0.3, -0.25) is 28.7 Å². The van der Waals surface area contributed by atoms with Gasteiger partial charge in [0.05, 0.1) is 34.9 Å². The Morgan fingerprint density at radius 3 is 2.48 bits per heavy atom. The number of aromatic nitrogens is 3. The number of pyridine rings is 1. The molecule has 1 unspecified atom stereocenters. The third-order valence-corrected chi connectivity index (χ3v) is 12.9. The van der Waals surface area contributed by atoms with E-state index in [-0.39, 0.29) is 35.7 Å². The van der Waals surface area contributed by atoms with Crippen molar-refractivity contribution in [3.8, 4) is 0 Å². The zero-order valence-electron chi connectivity index (χ0n) is 35.3. The van der Waals surface area contributed by atoms with E-state index in [9.17, 15) is 24.3 Å². The molecule has 61 heavy (non-hydrogen) atoms. The van der Waals surface area contributed by atoms with Gasteiger partial charge in [0, 0.05) is 87.0 Å². The molecule has 1 atom stereocenters. The van der Waals surface area contributed by atoms with Crippen molar-refractivity contribution < 1.29 is 19.5 Å². The molecule has 2 aliphatic heterocycles. The van der Waals surface area contributed by atoms with Crippen LogP contribution in [0.3, 0.4) is 0 Å². The van der Waals surface area contributed by atoms with Gasteiger partial charge in [0.25, 0.3) is 11.5 Å². The first-order valence-electron chi connectivity index (χ1n) is 22.0. The second kappa shape index (κ2) is 19.0. The van der Waals surface area contributed by atoms with E-state index in [0.29, 0.717) is 86.9 Å². The van der Waals surface area contributed by atoms with Crippen LogP contribution in [-0.2, 0) is 35.4 Å². The van der Waals surface area contributed by atoms with Gasteiger partial charge in [-0.1, -0.05) is 36.4 Å².